The Morgan fingerprint density at radius 3 is 2.65 bits per heavy atom. The lowest BCUT2D eigenvalue weighted by atomic mass is 9.81. The summed E-state index contributed by atoms with van der Waals surface area (Å²) in [4.78, 5) is 38.2. The number of hydrogen-bond acceptors (Lipinski definition) is 5. The summed E-state index contributed by atoms with van der Waals surface area (Å²) >= 11 is 0. The van der Waals surface area contributed by atoms with E-state index in [4.69, 9.17) is 0 Å². The molecule has 0 spiro atoms. The first-order chi connectivity index (χ1) is 15.0. The van der Waals surface area contributed by atoms with E-state index in [0.717, 1.165) is 36.9 Å². The van der Waals surface area contributed by atoms with Gasteiger partial charge >= 0.3 is 0 Å². The quantitative estimate of drug-likeness (QED) is 0.480. The maximum Gasteiger partial charge on any atom is 0.255 e. The van der Waals surface area contributed by atoms with Crippen molar-refractivity contribution in [3.63, 3.8) is 0 Å². The zero-order chi connectivity index (χ0) is 21.6. The highest BCUT2D eigenvalue weighted by Gasteiger charge is 2.43. The molecule has 0 radical (unpaired) electrons. The molecular weight excluding hydrogens is 392 g/mol. The van der Waals surface area contributed by atoms with Crippen molar-refractivity contribution in [2.75, 3.05) is 0 Å². The van der Waals surface area contributed by atoms with E-state index < -0.39 is 6.04 Å². The van der Waals surface area contributed by atoms with Gasteiger partial charge in [-0.15, -0.1) is 6.58 Å². The fraction of sp³-hybridized carbons (Fsp3) is 0.542. The molecule has 7 nitrogen and oxygen atoms in total. The number of fused-ring (bicyclic) bond motifs is 3. The molecule has 1 aromatic rings. The van der Waals surface area contributed by atoms with Crippen LogP contribution in [0.15, 0.2) is 30.9 Å². The third-order valence-corrected chi connectivity index (χ3v) is 7.40. The minimum Gasteiger partial charge on any atom is -0.322 e. The number of carbonyl (C=O) groups is 3. The summed E-state index contributed by atoms with van der Waals surface area (Å²) in [6.45, 7) is 5.15. The van der Waals surface area contributed by atoms with E-state index in [9.17, 15) is 14.4 Å². The van der Waals surface area contributed by atoms with Crippen molar-refractivity contribution < 1.29 is 14.4 Å². The lowest BCUT2D eigenvalue weighted by molar-refractivity contribution is -0.136. The normalized spacial score (nSPS) is 32.2. The number of amides is 3. The summed E-state index contributed by atoms with van der Waals surface area (Å²) in [6.07, 6.45) is 8.37. The second-order valence-electron chi connectivity index (χ2n) is 9.56. The molecule has 0 aromatic heterocycles. The van der Waals surface area contributed by atoms with Crippen LogP contribution < -0.4 is 16.0 Å². The van der Waals surface area contributed by atoms with Crippen molar-refractivity contribution in [1.82, 2.24) is 20.9 Å². The Bertz CT molecular complexity index is 931. The molecule has 31 heavy (non-hydrogen) atoms. The summed E-state index contributed by atoms with van der Waals surface area (Å²) in [6, 6.07) is 6.59. The molecule has 2 bridgehead atoms. The van der Waals surface area contributed by atoms with E-state index >= 15 is 0 Å². The SMILES string of the molecule is C=CCC1(NCc2ccc3c(c2)CN(C2CCC(=O)NC2=O)C3=O)CC2CCC(C1)N2. The molecule has 4 aliphatic heterocycles. The molecule has 4 aliphatic rings. The monoisotopic (exact) mass is 422 g/mol. The summed E-state index contributed by atoms with van der Waals surface area (Å²) in [5, 5.41) is 9.90. The van der Waals surface area contributed by atoms with E-state index in [0.29, 0.717) is 30.6 Å². The minimum atomic E-state index is -0.569. The van der Waals surface area contributed by atoms with E-state index in [-0.39, 0.29) is 29.7 Å². The maximum absolute atomic E-state index is 12.9. The van der Waals surface area contributed by atoms with Crippen LogP contribution in [0, 0.1) is 0 Å². The standard InChI is InChI=1S/C24H30N4O3/c1-2-9-24(11-17-4-5-18(12-24)26-17)25-13-15-3-6-19-16(10-15)14-28(23(19)31)20-7-8-21(29)27-22(20)30/h2-3,6,10,17-18,20,25-26H,1,4-5,7-9,11-14H2,(H,27,29,30). The van der Waals surface area contributed by atoms with Crippen LogP contribution >= 0.6 is 0 Å². The Labute approximate surface area is 182 Å². The molecule has 3 atom stereocenters. The average Bonchev–Trinajstić information content (AvgIpc) is 3.25. The predicted molar refractivity (Wildman–Crippen MR) is 116 cm³/mol. The molecular formula is C24H30N4O3. The molecule has 0 saturated carbocycles. The van der Waals surface area contributed by atoms with Gasteiger partial charge in [-0.05, 0) is 55.7 Å². The summed E-state index contributed by atoms with van der Waals surface area (Å²) in [5.41, 5.74) is 2.84. The average molecular weight is 423 g/mol. The summed E-state index contributed by atoms with van der Waals surface area (Å²) in [5.74, 6) is -0.758. The van der Waals surface area contributed by atoms with Crippen LogP contribution in [0.5, 0.6) is 0 Å². The molecule has 4 heterocycles. The zero-order valence-electron chi connectivity index (χ0n) is 17.8. The molecule has 3 N–H and O–H groups in total. The van der Waals surface area contributed by atoms with Gasteiger partial charge < -0.3 is 15.5 Å². The van der Waals surface area contributed by atoms with Gasteiger partial charge in [0.05, 0.1) is 0 Å². The molecule has 0 aliphatic carbocycles. The minimum absolute atomic E-state index is 0.0758. The molecule has 3 unspecified atom stereocenters. The van der Waals surface area contributed by atoms with Gasteiger partial charge in [0, 0.05) is 42.7 Å². The second-order valence-corrected chi connectivity index (χ2v) is 9.56. The lowest BCUT2D eigenvalue weighted by Gasteiger charge is -2.42. The van der Waals surface area contributed by atoms with Crippen LogP contribution in [0.4, 0.5) is 0 Å². The molecule has 1 aromatic carbocycles. The first kappa shape index (κ1) is 20.4. The van der Waals surface area contributed by atoms with Crippen LogP contribution in [0.2, 0.25) is 0 Å². The third kappa shape index (κ3) is 3.81. The number of piperidine rings is 2. The molecule has 5 rings (SSSR count). The van der Waals surface area contributed by atoms with Crippen LogP contribution in [0.3, 0.4) is 0 Å². The van der Waals surface area contributed by atoms with E-state index in [1.54, 1.807) is 4.90 Å². The van der Waals surface area contributed by atoms with Crippen LogP contribution in [-0.2, 0) is 22.7 Å². The van der Waals surface area contributed by atoms with E-state index in [2.05, 4.69) is 28.6 Å². The largest absolute Gasteiger partial charge is 0.322 e. The Balaban J connectivity index is 1.28. The Kier molecular flexibility index (Phi) is 5.18. The maximum atomic E-state index is 12.9. The van der Waals surface area contributed by atoms with Crippen molar-refractivity contribution in [3.8, 4) is 0 Å². The number of benzene rings is 1. The second kappa shape index (κ2) is 7.88. The summed E-state index contributed by atoms with van der Waals surface area (Å²) in [7, 11) is 0. The van der Waals surface area contributed by atoms with Crippen LogP contribution in [0.25, 0.3) is 0 Å². The van der Waals surface area contributed by atoms with Crippen molar-refractivity contribution in [2.45, 2.75) is 81.7 Å². The number of carbonyl (C=O) groups excluding carboxylic acids is 3. The fourth-order valence-electron chi connectivity index (χ4n) is 5.94. The highest BCUT2D eigenvalue weighted by molar-refractivity contribution is 6.05. The van der Waals surface area contributed by atoms with Crippen LogP contribution in [-0.4, -0.2) is 46.3 Å². The smallest absolute Gasteiger partial charge is 0.255 e. The molecule has 164 valence electrons. The molecule has 3 saturated heterocycles. The third-order valence-electron chi connectivity index (χ3n) is 7.40. The van der Waals surface area contributed by atoms with Gasteiger partial charge in [-0.1, -0.05) is 18.2 Å². The topological polar surface area (TPSA) is 90.5 Å². The van der Waals surface area contributed by atoms with Crippen molar-refractivity contribution in [1.29, 1.82) is 0 Å². The number of hydrogen-bond donors (Lipinski definition) is 3. The first-order valence-corrected chi connectivity index (χ1v) is 11.3. The van der Waals surface area contributed by atoms with Crippen molar-refractivity contribution in [3.05, 3.63) is 47.5 Å². The van der Waals surface area contributed by atoms with Gasteiger partial charge in [0.2, 0.25) is 11.8 Å². The molecule has 3 amide bonds. The number of imide groups is 1. The zero-order valence-corrected chi connectivity index (χ0v) is 17.8. The molecule has 3 fully saturated rings. The van der Waals surface area contributed by atoms with Gasteiger partial charge in [0.25, 0.3) is 5.91 Å². The van der Waals surface area contributed by atoms with E-state index in [1.807, 2.05) is 18.2 Å². The number of nitrogens with zero attached hydrogens (tertiary/aromatic N) is 1. The highest BCUT2D eigenvalue weighted by Crippen LogP contribution is 2.37. The van der Waals surface area contributed by atoms with Gasteiger partial charge in [-0.3, -0.25) is 19.7 Å². The van der Waals surface area contributed by atoms with Crippen molar-refractivity contribution >= 4 is 17.7 Å². The summed E-state index contributed by atoms with van der Waals surface area (Å²) < 4.78 is 0. The molecule has 7 heteroatoms. The number of nitrogens with one attached hydrogen (secondary N) is 3. The number of rotatable bonds is 6. The Morgan fingerprint density at radius 2 is 1.94 bits per heavy atom. The van der Waals surface area contributed by atoms with Crippen LogP contribution in [0.1, 0.15) is 66.4 Å². The van der Waals surface area contributed by atoms with Gasteiger partial charge in [0.15, 0.2) is 0 Å². The predicted octanol–water partition coefficient (Wildman–Crippen LogP) is 1.77. The fourth-order valence-corrected chi connectivity index (χ4v) is 5.94. The van der Waals surface area contributed by atoms with Gasteiger partial charge in [-0.25, -0.2) is 0 Å². The highest BCUT2D eigenvalue weighted by atomic mass is 16.2. The lowest BCUT2D eigenvalue weighted by Crippen LogP contribution is -2.55. The van der Waals surface area contributed by atoms with E-state index in [1.165, 1.54) is 12.8 Å². The first-order valence-electron chi connectivity index (χ1n) is 11.3. The van der Waals surface area contributed by atoms with Gasteiger partial charge in [-0.2, -0.15) is 0 Å². The Hall–Kier alpha value is -2.51. The van der Waals surface area contributed by atoms with Crippen molar-refractivity contribution in [2.24, 2.45) is 0 Å². The Morgan fingerprint density at radius 1 is 1.16 bits per heavy atom. The van der Waals surface area contributed by atoms with Gasteiger partial charge in [0.1, 0.15) is 6.04 Å².